The number of halogens is 1. The molecule has 1 atom stereocenters. The topological polar surface area (TPSA) is 25.2 Å². The monoisotopic (exact) mass is 199 g/mol. The van der Waals surface area contributed by atoms with Crippen LogP contribution in [0.3, 0.4) is 0 Å². The van der Waals surface area contributed by atoms with Crippen LogP contribution < -0.4 is 5.32 Å². The third kappa shape index (κ3) is 1.49. The van der Waals surface area contributed by atoms with Crippen molar-refractivity contribution >= 4 is 11.6 Å². The van der Waals surface area contributed by atoms with Gasteiger partial charge in [-0.2, -0.15) is 0 Å². The first-order chi connectivity index (χ1) is 6.27. The largest absolute Gasteiger partial charge is 0.448 e. The fourth-order valence-electron chi connectivity index (χ4n) is 2.06. The molecular weight excluding hydrogens is 186 g/mol. The van der Waals surface area contributed by atoms with Crippen LogP contribution in [0.4, 0.5) is 0 Å². The van der Waals surface area contributed by atoms with E-state index in [1.54, 1.807) is 0 Å². The van der Waals surface area contributed by atoms with E-state index >= 15 is 0 Å². The minimum absolute atomic E-state index is 0.0488. The molecule has 0 bridgehead atoms. The Balaban J connectivity index is 2.30. The molecule has 1 saturated heterocycles. The Bertz CT molecular complexity index is 289. The van der Waals surface area contributed by atoms with Crippen LogP contribution in [0.1, 0.15) is 31.9 Å². The lowest BCUT2D eigenvalue weighted by molar-refractivity contribution is 0.297. The van der Waals surface area contributed by atoms with E-state index in [1.165, 1.54) is 6.42 Å². The van der Waals surface area contributed by atoms with Crippen molar-refractivity contribution in [2.75, 3.05) is 6.54 Å². The maximum atomic E-state index is 5.76. The van der Waals surface area contributed by atoms with Gasteiger partial charge < -0.3 is 9.73 Å². The zero-order valence-corrected chi connectivity index (χ0v) is 8.53. The van der Waals surface area contributed by atoms with Gasteiger partial charge in [-0.05, 0) is 49.5 Å². The molecule has 1 unspecified atom stereocenters. The van der Waals surface area contributed by atoms with E-state index in [9.17, 15) is 0 Å². The fourth-order valence-corrected chi connectivity index (χ4v) is 2.21. The van der Waals surface area contributed by atoms with Gasteiger partial charge in [0.25, 0.3) is 0 Å². The Labute approximate surface area is 83.3 Å². The predicted molar refractivity (Wildman–Crippen MR) is 52.9 cm³/mol. The fraction of sp³-hybridized carbons (Fsp3) is 0.600. The molecule has 0 aromatic carbocycles. The lowest BCUT2D eigenvalue weighted by Crippen LogP contribution is -2.35. The molecule has 72 valence electrons. The first-order valence-corrected chi connectivity index (χ1v) is 5.15. The van der Waals surface area contributed by atoms with E-state index in [0.29, 0.717) is 5.22 Å². The Morgan fingerprint density at radius 2 is 2.46 bits per heavy atom. The van der Waals surface area contributed by atoms with E-state index in [1.807, 2.05) is 12.1 Å². The summed E-state index contributed by atoms with van der Waals surface area (Å²) in [5.41, 5.74) is 0.0488. The number of hydrogen-bond donors (Lipinski definition) is 1. The molecule has 0 aliphatic carbocycles. The second kappa shape index (κ2) is 3.35. The number of furan rings is 1. The average molecular weight is 200 g/mol. The van der Waals surface area contributed by atoms with Crippen molar-refractivity contribution in [1.29, 1.82) is 0 Å². The van der Waals surface area contributed by atoms with E-state index in [-0.39, 0.29) is 5.54 Å². The zero-order chi connectivity index (χ0) is 9.31. The molecule has 2 rings (SSSR count). The predicted octanol–water partition coefficient (Wildman–Crippen LogP) is 2.92. The van der Waals surface area contributed by atoms with Crippen LogP contribution >= 0.6 is 11.6 Å². The molecule has 1 aromatic heterocycles. The van der Waals surface area contributed by atoms with Gasteiger partial charge in [-0.3, -0.25) is 0 Å². The molecule has 2 heterocycles. The Morgan fingerprint density at radius 3 is 2.92 bits per heavy atom. The van der Waals surface area contributed by atoms with Crippen molar-refractivity contribution in [2.45, 2.75) is 31.7 Å². The molecule has 1 fully saturated rings. The SMILES string of the molecule is CCC1(c2ccc(Cl)o2)CCCN1. The summed E-state index contributed by atoms with van der Waals surface area (Å²) in [4.78, 5) is 0. The molecule has 1 aliphatic heterocycles. The van der Waals surface area contributed by atoms with Crippen LogP contribution in [-0.4, -0.2) is 6.54 Å². The maximum absolute atomic E-state index is 5.76. The van der Waals surface area contributed by atoms with Crippen LogP contribution in [0.2, 0.25) is 5.22 Å². The summed E-state index contributed by atoms with van der Waals surface area (Å²) in [6, 6.07) is 3.79. The molecule has 0 saturated carbocycles. The van der Waals surface area contributed by atoms with Crippen LogP contribution in [0, 0.1) is 0 Å². The van der Waals surface area contributed by atoms with Crippen molar-refractivity contribution in [3.63, 3.8) is 0 Å². The summed E-state index contributed by atoms with van der Waals surface area (Å²) in [5.74, 6) is 0.984. The van der Waals surface area contributed by atoms with E-state index in [0.717, 1.165) is 25.1 Å². The number of hydrogen-bond acceptors (Lipinski definition) is 2. The summed E-state index contributed by atoms with van der Waals surface area (Å²) in [6.45, 7) is 3.25. The molecule has 0 amide bonds. The third-order valence-electron chi connectivity index (χ3n) is 2.89. The zero-order valence-electron chi connectivity index (χ0n) is 7.77. The highest BCUT2D eigenvalue weighted by molar-refractivity contribution is 6.28. The van der Waals surface area contributed by atoms with Gasteiger partial charge in [-0.25, -0.2) is 0 Å². The molecule has 0 radical (unpaired) electrons. The minimum Gasteiger partial charge on any atom is -0.448 e. The molecule has 0 spiro atoms. The summed E-state index contributed by atoms with van der Waals surface area (Å²) < 4.78 is 5.46. The average Bonchev–Trinajstić information content (AvgIpc) is 2.73. The van der Waals surface area contributed by atoms with Crippen molar-refractivity contribution in [3.05, 3.63) is 23.1 Å². The normalized spacial score (nSPS) is 28.2. The van der Waals surface area contributed by atoms with Gasteiger partial charge in [-0.15, -0.1) is 0 Å². The molecule has 3 heteroatoms. The number of nitrogens with one attached hydrogen (secondary N) is 1. The Morgan fingerprint density at radius 1 is 1.62 bits per heavy atom. The van der Waals surface area contributed by atoms with Gasteiger partial charge in [0, 0.05) is 0 Å². The Kier molecular flexibility index (Phi) is 2.35. The van der Waals surface area contributed by atoms with E-state index in [4.69, 9.17) is 16.0 Å². The quantitative estimate of drug-likeness (QED) is 0.793. The van der Waals surface area contributed by atoms with Crippen LogP contribution in [0.15, 0.2) is 16.5 Å². The highest BCUT2D eigenvalue weighted by Crippen LogP contribution is 2.35. The second-order valence-electron chi connectivity index (χ2n) is 3.57. The van der Waals surface area contributed by atoms with Crippen molar-refractivity contribution < 1.29 is 4.42 Å². The Hall–Kier alpha value is -0.470. The number of rotatable bonds is 2. The van der Waals surface area contributed by atoms with Gasteiger partial charge in [0.05, 0.1) is 5.54 Å². The summed E-state index contributed by atoms with van der Waals surface area (Å²) in [7, 11) is 0. The van der Waals surface area contributed by atoms with Gasteiger partial charge in [-0.1, -0.05) is 6.92 Å². The minimum atomic E-state index is 0.0488. The second-order valence-corrected chi connectivity index (χ2v) is 3.94. The highest BCUT2D eigenvalue weighted by Gasteiger charge is 2.36. The van der Waals surface area contributed by atoms with Crippen LogP contribution in [0.25, 0.3) is 0 Å². The molecule has 1 N–H and O–H groups in total. The van der Waals surface area contributed by atoms with Crippen LogP contribution in [-0.2, 0) is 5.54 Å². The van der Waals surface area contributed by atoms with Crippen molar-refractivity contribution in [1.82, 2.24) is 5.32 Å². The van der Waals surface area contributed by atoms with E-state index < -0.39 is 0 Å². The maximum Gasteiger partial charge on any atom is 0.193 e. The van der Waals surface area contributed by atoms with Gasteiger partial charge in [0.15, 0.2) is 5.22 Å². The van der Waals surface area contributed by atoms with Crippen molar-refractivity contribution in [3.8, 4) is 0 Å². The van der Waals surface area contributed by atoms with Crippen LogP contribution in [0.5, 0.6) is 0 Å². The smallest absolute Gasteiger partial charge is 0.193 e. The molecule has 2 nitrogen and oxygen atoms in total. The molecular formula is C10H14ClNO. The highest BCUT2D eigenvalue weighted by atomic mass is 35.5. The summed E-state index contributed by atoms with van der Waals surface area (Å²) in [6.07, 6.45) is 3.41. The molecule has 1 aliphatic rings. The summed E-state index contributed by atoms with van der Waals surface area (Å²) >= 11 is 5.76. The summed E-state index contributed by atoms with van der Waals surface area (Å²) in [5, 5.41) is 3.98. The first kappa shape index (κ1) is 9.10. The third-order valence-corrected chi connectivity index (χ3v) is 3.10. The van der Waals surface area contributed by atoms with Gasteiger partial charge in [0.2, 0.25) is 0 Å². The standard InChI is InChI=1S/C10H14ClNO/c1-2-10(6-3-7-12-10)8-4-5-9(11)13-8/h4-5,12H,2-3,6-7H2,1H3. The molecule has 1 aromatic rings. The lowest BCUT2D eigenvalue weighted by atomic mass is 9.91. The lowest BCUT2D eigenvalue weighted by Gasteiger charge is -2.25. The van der Waals surface area contributed by atoms with E-state index in [2.05, 4.69) is 12.2 Å². The molecule has 13 heavy (non-hydrogen) atoms. The van der Waals surface area contributed by atoms with Crippen molar-refractivity contribution in [2.24, 2.45) is 0 Å². The van der Waals surface area contributed by atoms with Gasteiger partial charge >= 0.3 is 0 Å². The first-order valence-electron chi connectivity index (χ1n) is 4.78. The van der Waals surface area contributed by atoms with Gasteiger partial charge in [0.1, 0.15) is 5.76 Å².